The fourth-order valence-corrected chi connectivity index (χ4v) is 1.21. The standard InChI is InChI=1S/C10H11ClFNO2/c1-2-13-10(14)6-15-9-4-3-7(12)5-8(9)11/h3-5H,2,6H2,1H3,(H,13,14). The molecule has 82 valence electrons. The summed E-state index contributed by atoms with van der Waals surface area (Å²) >= 11 is 5.69. The maximum absolute atomic E-state index is 12.6. The Balaban J connectivity index is 2.54. The number of rotatable bonds is 4. The van der Waals surface area contributed by atoms with Gasteiger partial charge >= 0.3 is 0 Å². The third kappa shape index (κ3) is 3.75. The third-order valence-corrected chi connectivity index (χ3v) is 1.92. The molecule has 0 aliphatic heterocycles. The normalized spacial score (nSPS) is 9.80. The summed E-state index contributed by atoms with van der Waals surface area (Å²) in [5.74, 6) is -0.382. The number of ether oxygens (including phenoxy) is 1. The Labute approximate surface area is 92.2 Å². The number of halogens is 2. The largest absolute Gasteiger partial charge is 0.482 e. The molecule has 0 atom stereocenters. The van der Waals surface area contributed by atoms with E-state index in [1.165, 1.54) is 12.1 Å². The van der Waals surface area contributed by atoms with E-state index in [0.29, 0.717) is 12.3 Å². The topological polar surface area (TPSA) is 38.3 Å². The van der Waals surface area contributed by atoms with Gasteiger partial charge in [-0.3, -0.25) is 4.79 Å². The lowest BCUT2D eigenvalue weighted by atomic mass is 10.3. The molecule has 5 heteroatoms. The predicted molar refractivity (Wildman–Crippen MR) is 55.6 cm³/mol. The van der Waals surface area contributed by atoms with Gasteiger partial charge in [0, 0.05) is 6.54 Å². The molecule has 1 aromatic rings. The van der Waals surface area contributed by atoms with Crippen molar-refractivity contribution in [3.8, 4) is 5.75 Å². The first-order valence-corrected chi connectivity index (χ1v) is 4.86. The van der Waals surface area contributed by atoms with Crippen molar-refractivity contribution in [2.24, 2.45) is 0 Å². The second kappa shape index (κ2) is 5.56. The minimum atomic E-state index is -0.439. The van der Waals surface area contributed by atoms with Gasteiger partial charge < -0.3 is 10.1 Å². The molecular weight excluding hydrogens is 221 g/mol. The number of hydrogen-bond donors (Lipinski definition) is 1. The summed E-state index contributed by atoms with van der Waals surface area (Å²) in [5, 5.41) is 2.72. The molecular formula is C10H11ClFNO2. The number of nitrogens with one attached hydrogen (secondary N) is 1. The summed E-state index contributed by atoms with van der Waals surface area (Å²) in [5.41, 5.74) is 0. The Morgan fingerprint density at radius 2 is 2.33 bits per heavy atom. The summed E-state index contributed by atoms with van der Waals surface area (Å²) in [6.45, 7) is 2.22. The number of benzene rings is 1. The first-order valence-electron chi connectivity index (χ1n) is 4.48. The summed E-state index contributed by atoms with van der Waals surface area (Å²) in [6.07, 6.45) is 0. The van der Waals surface area contributed by atoms with Crippen LogP contribution in [0.25, 0.3) is 0 Å². The lowest BCUT2D eigenvalue weighted by Gasteiger charge is -2.07. The number of amides is 1. The third-order valence-electron chi connectivity index (χ3n) is 1.63. The van der Waals surface area contributed by atoms with Crippen LogP contribution in [0.2, 0.25) is 5.02 Å². The van der Waals surface area contributed by atoms with Crippen molar-refractivity contribution in [2.75, 3.05) is 13.2 Å². The van der Waals surface area contributed by atoms with Crippen LogP contribution in [0.3, 0.4) is 0 Å². The molecule has 3 nitrogen and oxygen atoms in total. The summed E-state index contributed by atoms with van der Waals surface area (Å²) < 4.78 is 17.7. The van der Waals surface area contributed by atoms with Gasteiger partial charge in [-0.15, -0.1) is 0 Å². The Bertz CT molecular complexity index is 357. The fourth-order valence-electron chi connectivity index (χ4n) is 0.984. The van der Waals surface area contributed by atoms with Crippen molar-refractivity contribution < 1.29 is 13.9 Å². The van der Waals surface area contributed by atoms with E-state index in [0.717, 1.165) is 6.07 Å². The van der Waals surface area contributed by atoms with Gasteiger partial charge in [0.25, 0.3) is 5.91 Å². The van der Waals surface area contributed by atoms with Crippen LogP contribution >= 0.6 is 11.6 Å². The van der Waals surface area contributed by atoms with Gasteiger partial charge in [0.1, 0.15) is 11.6 Å². The first kappa shape index (κ1) is 11.8. The molecule has 1 aromatic carbocycles. The van der Waals surface area contributed by atoms with Crippen molar-refractivity contribution in [1.29, 1.82) is 0 Å². The van der Waals surface area contributed by atoms with Crippen molar-refractivity contribution >= 4 is 17.5 Å². The fraction of sp³-hybridized carbons (Fsp3) is 0.300. The van der Waals surface area contributed by atoms with E-state index < -0.39 is 5.82 Å². The van der Waals surface area contributed by atoms with Gasteiger partial charge in [0.2, 0.25) is 0 Å². The molecule has 0 saturated heterocycles. The maximum atomic E-state index is 12.6. The summed E-state index contributed by atoms with van der Waals surface area (Å²) in [7, 11) is 0. The van der Waals surface area contributed by atoms with E-state index in [2.05, 4.69) is 5.32 Å². The van der Waals surface area contributed by atoms with Crippen molar-refractivity contribution in [1.82, 2.24) is 5.32 Å². The van der Waals surface area contributed by atoms with Gasteiger partial charge in [0.05, 0.1) is 5.02 Å². The van der Waals surface area contributed by atoms with Gasteiger partial charge in [-0.1, -0.05) is 11.6 Å². The summed E-state index contributed by atoms with van der Waals surface area (Å²) in [6, 6.07) is 3.74. The van der Waals surface area contributed by atoms with Gasteiger partial charge in [-0.05, 0) is 25.1 Å². The van der Waals surface area contributed by atoms with Gasteiger partial charge in [0.15, 0.2) is 6.61 Å². The van der Waals surface area contributed by atoms with Crippen LogP contribution < -0.4 is 10.1 Å². The highest BCUT2D eigenvalue weighted by Gasteiger charge is 2.05. The van der Waals surface area contributed by atoms with Crippen molar-refractivity contribution in [3.05, 3.63) is 29.0 Å². The number of carbonyl (C=O) groups is 1. The molecule has 1 amide bonds. The Morgan fingerprint density at radius 3 is 2.93 bits per heavy atom. The highest BCUT2D eigenvalue weighted by molar-refractivity contribution is 6.32. The molecule has 0 saturated carbocycles. The van der Waals surface area contributed by atoms with Crippen LogP contribution in [0.15, 0.2) is 18.2 Å². The SMILES string of the molecule is CCNC(=O)COc1ccc(F)cc1Cl. The number of carbonyl (C=O) groups excluding carboxylic acids is 1. The molecule has 0 fully saturated rings. The Morgan fingerprint density at radius 1 is 1.60 bits per heavy atom. The molecule has 1 N–H and O–H groups in total. The van der Waals surface area contributed by atoms with E-state index in [1.807, 2.05) is 6.92 Å². The zero-order valence-electron chi connectivity index (χ0n) is 8.22. The number of likely N-dealkylation sites (N-methyl/N-ethyl adjacent to an activating group) is 1. The van der Waals surface area contributed by atoms with Crippen LogP contribution in [-0.2, 0) is 4.79 Å². The van der Waals surface area contributed by atoms with E-state index in [1.54, 1.807) is 0 Å². The molecule has 0 heterocycles. The minimum Gasteiger partial charge on any atom is -0.482 e. The summed E-state index contributed by atoms with van der Waals surface area (Å²) in [4.78, 5) is 11.0. The first-order chi connectivity index (χ1) is 7.13. The molecule has 0 radical (unpaired) electrons. The lowest BCUT2D eigenvalue weighted by molar-refractivity contribution is -0.122. The zero-order valence-corrected chi connectivity index (χ0v) is 8.97. The van der Waals surface area contributed by atoms with Crippen LogP contribution in [0.1, 0.15) is 6.92 Å². The molecule has 1 rings (SSSR count). The van der Waals surface area contributed by atoms with Crippen LogP contribution in [0.4, 0.5) is 4.39 Å². The second-order valence-corrected chi connectivity index (χ2v) is 3.22. The molecule has 0 spiro atoms. The molecule has 0 unspecified atom stereocenters. The molecule has 0 aliphatic carbocycles. The monoisotopic (exact) mass is 231 g/mol. The van der Waals surface area contributed by atoms with Crippen LogP contribution in [-0.4, -0.2) is 19.1 Å². The van der Waals surface area contributed by atoms with Crippen molar-refractivity contribution in [2.45, 2.75) is 6.92 Å². The quantitative estimate of drug-likeness (QED) is 0.861. The Hall–Kier alpha value is -1.29. The second-order valence-electron chi connectivity index (χ2n) is 2.82. The predicted octanol–water partition coefficient (Wildman–Crippen LogP) is 1.99. The number of hydrogen-bond acceptors (Lipinski definition) is 2. The highest BCUT2D eigenvalue weighted by Crippen LogP contribution is 2.24. The van der Waals surface area contributed by atoms with Gasteiger partial charge in [-0.25, -0.2) is 4.39 Å². The van der Waals surface area contributed by atoms with Crippen LogP contribution in [0.5, 0.6) is 5.75 Å². The molecule has 0 aliphatic rings. The molecule has 0 bridgehead atoms. The van der Waals surface area contributed by atoms with Crippen LogP contribution in [0, 0.1) is 5.82 Å². The van der Waals surface area contributed by atoms with Gasteiger partial charge in [-0.2, -0.15) is 0 Å². The average Bonchev–Trinajstić information content (AvgIpc) is 2.17. The Kier molecular flexibility index (Phi) is 4.37. The van der Waals surface area contributed by atoms with E-state index >= 15 is 0 Å². The minimum absolute atomic E-state index is 0.126. The highest BCUT2D eigenvalue weighted by atomic mass is 35.5. The smallest absolute Gasteiger partial charge is 0.257 e. The van der Waals surface area contributed by atoms with E-state index in [9.17, 15) is 9.18 Å². The average molecular weight is 232 g/mol. The zero-order chi connectivity index (χ0) is 11.3. The van der Waals surface area contributed by atoms with E-state index in [4.69, 9.17) is 16.3 Å². The van der Waals surface area contributed by atoms with E-state index in [-0.39, 0.29) is 17.5 Å². The molecule has 0 aromatic heterocycles. The molecule has 15 heavy (non-hydrogen) atoms. The lowest BCUT2D eigenvalue weighted by Crippen LogP contribution is -2.28. The maximum Gasteiger partial charge on any atom is 0.257 e. The van der Waals surface area contributed by atoms with Crippen molar-refractivity contribution in [3.63, 3.8) is 0 Å².